The van der Waals surface area contributed by atoms with Crippen LogP contribution in [0.5, 0.6) is 0 Å². The van der Waals surface area contributed by atoms with E-state index in [0.29, 0.717) is 54.1 Å². The van der Waals surface area contributed by atoms with E-state index in [1.54, 1.807) is 0 Å². The van der Waals surface area contributed by atoms with Crippen molar-refractivity contribution in [3.63, 3.8) is 0 Å². The first-order valence-corrected chi connectivity index (χ1v) is 22.1. The number of hydrogen-bond acceptors (Lipinski definition) is 3. The molecule has 0 N–H and O–H groups in total. The van der Waals surface area contributed by atoms with Crippen LogP contribution in [0.4, 0.5) is 5.69 Å². The van der Waals surface area contributed by atoms with Crippen LogP contribution in [0.1, 0.15) is 112 Å². The van der Waals surface area contributed by atoms with Crippen LogP contribution in [0.3, 0.4) is 0 Å². The molecule has 3 aliphatic heterocycles. The smallest absolute Gasteiger partial charge is 0.226 e. The molecule has 1 spiro atoms. The van der Waals surface area contributed by atoms with E-state index in [4.69, 9.17) is 0 Å². The van der Waals surface area contributed by atoms with Gasteiger partial charge in [-0.15, -0.1) is 0 Å². The molecule has 13 rings (SSSR count). The Morgan fingerprint density at radius 3 is 1.78 bits per heavy atom. The van der Waals surface area contributed by atoms with Crippen LogP contribution in [-0.2, 0) is 10.2 Å². The van der Waals surface area contributed by atoms with Crippen molar-refractivity contribution in [2.24, 2.45) is 17.8 Å². The third kappa shape index (κ3) is 3.73. The summed E-state index contributed by atoms with van der Waals surface area (Å²) in [5, 5.41) is 0. The van der Waals surface area contributed by atoms with E-state index in [9.17, 15) is 4.79 Å². The maximum atomic E-state index is 15.0. The summed E-state index contributed by atoms with van der Waals surface area (Å²) in [5.41, 5.74) is 12.6. The lowest BCUT2D eigenvalue weighted by Gasteiger charge is -2.72. The van der Waals surface area contributed by atoms with Crippen molar-refractivity contribution >= 4 is 11.6 Å². The van der Waals surface area contributed by atoms with Crippen molar-refractivity contribution < 1.29 is 4.79 Å². The largest absolute Gasteiger partial charge is 0.362 e. The highest BCUT2D eigenvalue weighted by Crippen LogP contribution is 2.65. The number of amides is 1. The molecule has 4 aromatic rings. The molecular formula is C50H53N3O. The van der Waals surface area contributed by atoms with Crippen molar-refractivity contribution in [1.82, 2.24) is 9.80 Å². The van der Waals surface area contributed by atoms with Crippen LogP contribution in [0.15, 0.2) is 91.0 Å². The first-order chi connectivity index (χ1) is 26.8. The Hall–Kier alpha value is -3.89. The fraction of sp³-hybridized carbons (Fsp3) is 0.500. The summed E-state index contributed by atoms with van der Waals surface area (Å²) in [7, 11) is 0. The summed E-state index contributed by atoms with van der Waals surface area (Å²) in [6.45, 7) is 0. The highest BCUT2D eigenvalue weighted by molar-refractivity contribution is 5.99. The monoisotopic (exact) mass is 711 g/mol. The predicted octanol–water partition coefficient (Wildman–Crippen LogP) is 9.95. The first kappa shape index (κ1) is 31.3. The van der Waals surface area contributed by atoms with Gasteiger partial charge in [0, 0.05) is 47.4 Å². The van der Waals surface area contributed by atoms with Crippen molar-refractivity contribution in [2.75, 3.05) is 4.90 Å². The molecule has 10 unspecified atom stereocenters. The van der Waals surface area contributed by atoms with Gasteiger partial charge in [-0.1, -0.05) is 117 Å². The molecule has 0 bridgehead atoms. The van der Waals surface area contributed by atoms with Crippen molar-refractivity contribution in [3.05, 3.63) is 113 Å². The normalized spacial score (nSPS) is 36.3. The molecule has 0 radical (unpaired) electrons. The van der Waals surface area contributed by atoms with Crippen LogP contribution in [0, 0.1) is 17.8 Å². The van der Waals surface area contributed by atoms with Crippen LogP contribution in [0.2, 0.25) is 0 Å². The molecule has 4 heteroatoms. The zero-order chi connectivity index (χ0) is 35.3. The minimum absolute atomic E-state index is 0.287. The lowest BCUT2D eigenvalue weighted by atomic mass is 9.58. The maximum absolute atomic E-state index is 15.0. The average molecular weight is 712 g/mol. The molecule has 6 aliphatic carbocycles. The molecule has 4 aromatic carbocycles. The number of piperazine rings is 2. The number of nitrogens with zero attached hydrogens (tertiary/aromatic N) is 3. The summed E-state index contributed by atoms with van der Waals surface area (Å²) in [5.74, 6) is 2.22. The molecule has 54 heavy (non-hydrogen) atoms. The predicted molar refractivity (Wildman–Crippen MR) is 216 cm³/mol. The molecule has 274 valence electrons. The molecule has 7 fully saturated rings. The van der Waals surface area contributed by atoms with E-state index in [2.05, 4.69) is 106 Å². The zero-order valence-electron chi connectivity index (χ0n) is 31.6. The van der Waals surface area contributed by atoms with E-state index in [-0.39, 0.29) is 11.3 Å². The van der Waals surface area contributed by atoms with Gasteiger partial charge < -0.3 is 9.80 Å². The van der Waals surface area contributed by atoms with Gasteiger partial charge in [0.1, 0.15) is 0 Å². The van der Waals surface area contributed by atoms with E-state index >= 15 is 0 Å². The third-order valence-corrected chi connectivity index (χ3v) is 17.1. The number of benzene rings is 4. The Kier molecular flexibility index (Phi) is 6.58. The second kappa shape index (κ2) is 11.3. The number of carbonyl (C=O) groups excluding carboxylic acids is 1. The van der Waals surface area contributed by atoms with Gasteiger partial charge in [0.05, 0.1) is 17.5 Å². The second-order valence-corrected chi connectivity index (χ2v) is 18.9. The van der Waals surface area contributed by atoms with Crippen molar-refractivity contribution in [1.29, 1.82) is 0 Å². The lowest BCUT2D eigenvalue weighted by molar-refractivity contribution is -0.199. The van der Waals surface area contributed by atoms with Gasteiger partial charge in [0.25, 0.3) is 0 Å². The number of anilines is 1. The quantitative estimate of drug-likeness (QED) is 0.170. The fourth-order valence-electron chi connectivity index (χ4n) is 15.6. The fourth-order valence-corrected chi connectivity index (χ4v) is 15.6. The summed E-state index contributed by atoms with van der Waals surface area (Å²) in [6, 6.07) is 38.7. The minimum atomic E-state index is -0.316. The highest BCUT2D eigenvalue weighted by Gasteiger charge is 2.65. The highest BCUT2D eigenvalue weighted by atomic mass is 16.2. The van der Waals surface area contributed by atoms with Gasteiger partial charge in [-0.25, -0.2) is 0 Å². The van der Waals surface area contributed by atoms with Crippen molar-refractivity contribution in [2.45, 2.75) is 138 Å². The molecule has 4 saturated carbocycles. The third-order valence-electron chi connectivity index (χ3n) is 17.1. The van der Waals surface area contributed by atoms with Crippen LogP contribution >= 0.6 is 0 Å². The van der Waals surface area contributed by atoms with Gasteiger partial charge >= 0.3 is 0 Å². The van der Waals surface area contributed by atoms with Crippen LogP contribution in [-0.4, -0.2) is 58.0 Å². The molecule has 4 nitrogen and oxygen atoms in total. The summed E-state index contributed by atoms with van der Waals surface area (Å²) in [4.78, 5) is 23.9. The van der Waals surface area contributed by atoms with Crippen LogP contribution in [0.25, 0.3) is 22.3 Å². The lowest BCUT2D eigenvalue weighted by Crippen LogP contribution is -2.84. The summed E-state index contributed by atoms with van der Waals surface area (Å²) in [6.07, 6.45) is 17.9. The number of hydrogen-bond donors (Lipinski definition) is 0. The van der Waals surface area contributed by atoms with E-state index < -0.39 is 0 Å². The van der Waals surface area contributed by atoms with E-state index in [1.165, 1.54) is 134 Å². The zero-order valence-corrected chi connectivity index (χ0v) is 31.6. The standard InChI is InChI=1S/C50H53N3O/c54-49-34-17-2-1-14-30(34)33-19-11-27-43-47(33)53(49)45-29-13-28-44-48(45)52(43)41-25-10-9-24-40(41)51(44)42-26-12-23-39-46(42)35-18-5-8-22-38(35)50(39)36-20-6-3-15-31(36)32-16-4-7-21-37(32)50/h3-8,12,15-16,18,20-23,26,30,33-34,40-41,43-45,47-48H,1-2,9-11,13-14,17,19,24-25,27-29H2. The summed E-state index contributed by atoms with van der Waals surface area (Å²) >= 11 is 0. The molecule has 10 atom stereocenters. The molecule has 1 amide bonds. The van der Waals surface area contributed by atoms with Gasteiger partial charge in [-0.3, -0.25) is 9.69 Å². The van der Waals surface area contributed by atoms with Gasteiger partial charge in [0.15, 0.2) is 0 Å². The molecule has 0 aromatic heterocycles. The Morgan fingerprint density at radius 2 is 1.00 bits per heavy atom. The SMILES string of the molecule is O=C1C2CCCCC2C2CCCC3C2N1C1CCCC2C1N3C1CCCCC1N2c1cccc2c1-c1ccccc1C21c2ccccc2-c2ccccc21. The van der Waals surface area contributed by atoms with Gasteiger partial charge in [-0.05, 0) is 115 Å². The average Bonchev–Trinajstić information content (AvgIpc) is 3.71. The Morgan fingerprint density at radius 1 is 0.444 bits per heavy atom. The van der Waals surface area contributed by atoms with E-state index in [1.807, 2.05) is 0 Å². The van der Waals surface area contributed by atoms with Crippen molar-refractivity contribution in [3.8, 4) is 22.3 Å². The molecule has 3 saturated heterocycles. The number of fused-ring (bicyclic) bond motifs is 16. The number of rotatable bonds is 1. The second-order valence-electron chi connectivity index (χ2n) is 18.9. The van der Waals surface area contributed by atoms with Gasteiger partial charge in [0.2, 0.25) is 5.91 Å². The Balaban J connectivity index is 1.01. The number of carbonyl (C=O) groups is 1. The van der Waals surface area contributed by atoms with Gasteiger partial charge in [-0.2, -0.15) is 0 Å². The topological polar surface area (TPSA) is 26.8 Å². The molecule has 9 aliphatic rings. The minimum Gasteiger partial charge on any atom is -0.362 e. The molecular weight excluding hydrogens is 659 g/mol. The Bertz CT molecular complexity index is 2160. The first-order valence-electron chi connectivity index (χ1n) is 22.1. The maximum Gasteiger partial charge on any atom is 0.226 e. The number of piperidine rings is 1. The summed E-state index contributed by atoms with van der Waals surface area (Å²) < 4.78 is 0. The molecule has 3 heterocycles. The van der Waals surface area contributed by atoms with E-state index in [0.717, 1.165) is 12.3 Å². The van der Waals surface area contributed by atoms with Crippen LogP contribution < -0.4 is 4.90 Å². The Labute approximate surface area is 320 Å².